The normalized spacial score (nSPS) is 14.6. The molecule has 0 aliphatic carbocycles. The van der Waals surface area contributed by atoms with Crippen molar-refractivity contribution < 1.29 is 4.79 Å². The van der Waals surface area contributed by atoms with Gasteiger partial charge in [-0.2, -0.15) is 4.37 Å². The summed E-state index contributed by atoms with van der Waals surface area (Å²) in [5.41, 5.74) is 0.515. The van der Waals surface area contributed by atoms with E-state index in [4.69, 9.17) is 6.42 Å². The molecule has 1 aliphatic heterocycles. The Hall–Kier alpha value is -2.66. The highest BCUT2D eigenvalue weighted by Gasteiger charge is 2.19. The van der Waals surface area contributed by atoms with E-state index in [9.17, 15) is 4.79 Å². The molecule has 1 fully saturated rings. The van der Waals surface area contributed by atoms with Crippen LogP contribution in [-0.2, 0) is 6.42 Å². The van der Waals surface area contributed by atoms with E-state index in [0.29, 0.717) is 5.56 Å². The maximum absolute atomic E-state index is 11.9. The van der Waals surface area contributed by atoms with Crippen LogP contribution in [0.1, 0.15) is 29.5 Å². The first-order chi connectivity index (χ1) is 12.7. The van der Waals surface area contributed by atoms with Gasteiger partial charge in [0.1, 0.15) is 11.6 Å². The lowest BCUT2D eigenvalue weighted by molar-refractivity contribution is 0.0958. The van der Waals surface area contributed by atoms with Crippen LogP contribution in [0, 0.1) is 12.3 Å². The van der Waals surface area contributed by atoms with Gasteiger partial charge in [0, 0.05) is 50.3 Å². The highest BCUT2D eigenvalue weighted by Crippen LogP contribution is 2.21. The van der Waals surface area contributed by atoms with Crippen LogP contribution in [0.3, 0.4) is 0 Å². The fourth-order valence-electron chi connectivity index (χ4n) is 2.80. The van der Waals surface area contributed by atoms with E-state index in [1.165, 1.54) is 11.5 Å². The van der Waals surface area contributed by atoms with Gasteiger partial charge in [-0.3, -0.25) is 4.79 Å². The lowest BCUT2D eigenvalue weighted by Gasteiger charge is -2.22. The molecule has 2 aromatic heterocycles. The second-order valence-electron chi connectivity index (χ2n) is 5.97. The zero-order valence-corrected chi connectivity index (χ0v) is 15.6. The molecule has 8 heteroatoms. The van der Waals surface area contributed by atoms with Crippen LogP contribution in [0.2, 0.25) is 0 Å². The molecule has 0 saturated carbocycles. The SMILES string of the molecule is C#CCNC(=O)c1ccc(N2CCCN(c3nc(CC)ns3)CC2)nc1. The molecule has 0 radical (unpaired) electrons. The highest BCUT2D eigenvalue weighted by atomic mass is 32.1. The third-order valence-corrected chi connectivity index (χ3v) is 5.04. The molecule has 26 heavy (non-hydrogen) atoms. The molecule has 1 aliphatic rings. The van der Waals surface area contributed by atoms with Gasteiger partial charge in [0.2, 0.25) is 5.13 Å². The van der Waals surface area contributed by atoms with Crippen molar-refractivity contribution in [1.29, 1.82) is 0 Å². The first-order valence-electron chi connectivity index (χ1n) is 8.71. The van der Waals surface area contributed by atoms with E-state index < -0.39 is 0 Å². The Morgan fingerprint density at radius 2 is 2.12 bits per heavy atom. The molecule has 3 heterocycles. The fraction of sp³-hybridized carbons (Fsp3) is 0.444. The molecule has 0 spiro atoms. The molecule has 1 saturated heterocycles. The standard InChI is InChI=1S/C18H22N6OS/c1-3-8-19-17(25)14-6-7-16(20-13-14)23-9-5-10-24(12-11-23)18-21-15(4-2)22-26-18/h1,6-7,13H,4-5,8-12H2,2H3,(H,19,25). The molecular formula is C18H22N6OS. The zero-order valence-electron chi connectivity index (χ0n) is 14.8. The summed E-state index contributed by atoms with van der Waals surface area (Å²) in [6.07, 6.45) is 8.64. The summed E-state index contributed by atoms with van der Waals surface area (Å²) >= 11 is 1.47. The number of pyridine rings is 1. The maximum Gasteiger partial charge on any atom is 0.253 e. The lowest BCUT2D eigenvalue weighted by Crippen LogP contribution is -2.31. The number of aromatic nitrogens is 3. The van der Waals surface area contributed by atoms with Crippen LogP contribution >= 0.6 is 11.5 Å². The van der Waals surface area contributed by atoms with E-state index in [1.807, 2.05) is 6.07 Å². The maximum atomic E-state index is 11.9. The Kier molecular flexibility index (Phi) is 6.02. The summed E-state index contributed by atoms with van der Waals surface area (Å²) in [7, 11) is 0. The van der Waals surface area contributed by atoms with E-state index >= 15 is 0 Å². The molecule has 1 amide bonds. The van der Waals surface area contributed by atoms with Gasteiger partial charge in [0.05, 0.1) is 12.1 Å². The van der Waals surface area contributed by atoms with Gasteiger partial charge in [-0.25, -0.2) is 9.97 Å². The van der Waals surface area contributed by atoms with Gasteiger partial charge < -0.3 is 15.1 Å². The summed E-state index contributed by atoms with van der Waals surface area (Å²) in [6.45, 7) is 5.90. The number of carbonyl (C=O) groups excluding carboxylic acids is 1. The van der Waals surface area contributed by atoms with Gasteiger partial charge in [0.15, 0.2) is 0 Å². The first kappa shape index (κ1) is 18.1. The summed E-state index contributed by atoms with van der Waals surface area (Å²) in [5, 5.41) is 3.64. The van der Waals surface area contributed by atoms with E-state index in [-0.39, 0.29) is 12.5 Å². The van der Waals surface area contributed by atoms with Crippen molar-refractivity contribution in [3.05, 3.63) is 29.7 Å². The number of anilines is 2. The van der Waals surface area contributed by atoms with E-state index in [1.54, 1.807) is 12.3 Å². The van der Waals surface area contributed by atoms with Crippen molar-refractivity contribution in [3.8, 4) is 12.3 Å². The molecule has 0 bridgehead atoms. The van der Waals surface area contributed by atoms with Crippen molar-refractivity contribution in [2.24, 2.45) is 0 Å². The third-order valence-electron chi connectivity index (χ3n) is 4.23. The van der Waals surface area contributed by atoms with Crippen molar-refractivity contribution >= 4 is 28.4 Å². The second kappa shape index (κ2) is 8.63. The van der Waals surface area contributed by atoms with Crippen LogP contribution < -0.4 is 15.1 Å². The number of hydrogen-bond acceptors (Lipinski definition) is 7. The van der Waals surface area contributed by atoms with Crippen LogP contribution in [-0.4, -0.2) is 53.0 Å². The third kappa shape index (κ3) is 4.29. The van der Waals surface area contributed by atoms with Crippen molar-refractivity contribution in [1.82, 2.24) is 19.7 Å². The molecule has 0 atom stereocenters. The quantitative estimate of drug-likeness (QED) is 0.806. The van der Waals surface area contributed by atoms with Crippen LogP contribution in [0.4, 0.5) is 10.9 Å². The summed E-state index contributed by atoms with van der Waals surface area (Å²) in [5.74, 6) is 3.98. The Balaban J connectivity index is 1.62. The monoisotopic (exact) mass is 370 g/mol. The highest BCUT2D eigenvalue weighted by molar-refractivity contribution is 7.09. The van der Waals surface area contributed by atoms with Gasteiger partial charge >= 0.3 is 0 Å². The van der Waals surface area contributed by atoms with Gasteiger partial charge in [-0.15, -0.1) is 6.42 Å². The molecule has 0 aromatic carbocycles. The predicted octanol–water partition coefficient (Wildman–Crippen LogP) is 1.58. The smallest absolute Gasteiger partial charge is 0.253 e. The van der Waals surface area contributed by atoms with Crippen LogP contribution in [0.5, 0.6) is 0 Å². The molecule has 3 rings (SSSR count). The predicted molar refractivity (Wildman–Crippen MR) is 104 cm³/mol. The topological polar surface area (TPSA) is 74.2 Å². The molecule has 136 valence electrons. The molecule has 1 N–H and O–H groups in total. The van der Waals surface area contributed by atoms with Crippen molar-refractivity contribution in [2.75, 3.05) is 42.5 Å². The van der Waals surface area contributed by atoms with Crippen molar-refractivity contribution in [2.45, 2.75) is 19.8 Å². The average molecular weight is 370 g/mol. The minimum absolute atomic E-state index is 0.202. The Morgan fingerprint density at radius 3 is 2.81 bits per heavy atom. The molecular weight excluding hydrogens is 348 g/mol. The number of nitrogens with zero attached hydrogens (tertiary/aromatic N) is 5. The number of carbonyl (C=O) groups is 1. The largest absolute Gasteiger partial charge is 0.355 e. The lowest BCUT2D eigenvalue weighted by atomic mass is 10.2. The summed E-state index contributed by atoms with van der Waals surface area (Å²) < 4.78 is 4.38. The van der Waals surface area contributed by atoms with E-state index in [2.05, 4.69) is 42.3 Å². The van der Waals surface area contributed by atoms with Gasteiger partial charge in [-0.05, 0) is 18.6 Å². The Morgan fingerprint density at radius 1 is 1.31 bits per heavy atom. The van der Waals surface area contributed by atoms with Crippen molar-refractivity contribution in [3.63, 3.8) is 0 Å². The second-order valence-corrected chi connectivity index (χ2v) is 6.70. The number of nitrogens with one attached hydrogen (secondary N) is 1. The number of hydrogen-bond donors (Lipinski definition) is 1. The Bertz CT molecular complexity index is 782. The molecule has 0 unspecified atom stereocenters. The Labute approximate surface area is 157 Å². The minimum atomic E-state index is -0.202. The van der Waals surface area contributed by atoms with Gasteiger partial charge in [-0.1, -0.05) is 12.8 Å². The first-order valence-corrected chi connectivity index (χ1v) is 9.48. The number of rotatable bonds is 5. The summed E-state index contributed by atoms with van der Waals surface area (Å²) in [6, 6.07) is 3.68. The zero-order chi connectivity index (χ0) is 18.4. The number of aryl methyl sites for hydroxylation is 1. The fourth-order valence-corrected chi connectivity index (χ4v) is 3.60. The van der Waals surface area contributed by atoms with Crippen LogP contribution in [0.15, 0.2) is 18.3 Å². The average Bonchev–Trinajstić information content (AvgIpc) is 3.03. The van der Waals surface area contributed by atoms with Gasteiger partial charge in [0.25, 0.3) is 5.91 Å². The molecule has 2 aromatic rings. The van der Waals surface area contributed by atoms with E-state index in [0.717, 1.165) is 55.8 Å². The van der Waals surface area contributed by atoms with Crippen LogP contribution in [0.25, 0.3) is 0 Å². The summed E-state index contributed by atoms with van der Waals surface area (Å²) in [4.78, 5) is 25.5. The minimum Gasteiger partial charge on any atom is -0.355 e. The number of terminal acetylenes is 1. The number of amides is 1. The molecule has 7 nitrogen and oxygen atoms in total.